The van der Waals surface area contributed by atoms with Gasteiger partial charge in [-0.3, -0.25) is 9.97 Å². The summed E-state index contributed by atoms with van der Waals surface area (Å²) in [6, 6.07) is 12.1. The predicted molar refractivity (Wildman–Crippen MR) is 70.6 cm³/mol. The number of rotatable bonds is 0. The fourth-order valence-corrected chi connectivity index (χ4v) is 1.68. The van der Waals surface area contributed by atoms with E-state index in [1.54, 1.807) is 12.4 Å². The maximum Gasteiger partial charge on any atom is 2.00 e. The minimum atomic E-state index is -10.7. The first-order valence-electron chi connectivity index (χ1n) is 5.55. The molecule has 2 nitrogen and oxygen atoms in total. The molecule has 0 radical (unpaired) electrons. The van der Waals surface area contributed by atoms with Gasteiger partial charge in [-0.1, -0.05) is 24.3 Å². The SMILES string of the molecule is F[P-](F)(F)(F)(F)F.[Pd+2].c1cnc2c(c1)ccc1cccnc12. The summed E-state index contributed by atoms with van der Waals surface area (Å²) in [5, 5.41) is 2.28. The molecule has 0 aliphatic carbocycles. The van der Waals surface area contributed by atoms with Gasteiger partial charge in [0, 0.05) is 23.2 Å². The third kappa shape index (κ3) is 6.65. The average molecular weight is 432 g/mol. The molecule has 0 bridgehead atoms. The van der Waals surface area contributed by atoms with E-state index in [4.69, 9.17) is 0 Å². The van der Waals surface area contributed by atoms with Gasteiger partial charge in [0.15, 0.2) is 0 Å². The number of pyridine rings is 2. The molecule has 2 heterocycles. The third-order valence-electron chi connectivity index (χ3n) is 2.34. The number of aromatic nitrogens is 2. The second-order valence-electron chi connectivity index (χ2n) is 4.17. The van der Waals surface area contributed by atoms with E-state index in [1.165, 1.54) is 0 Å². The number of fused-ring (bicyclic) bond motifs is 3. The Morgan fingerprint density at radius 3 is 1.27 bits per heavy atom. The summed E-state index contributed by atoms with van der Waals surface area (Å²) in [5.41, 5.74) is 1.95. The molecule has 0 aliphatic heterocycles. The van der Waals surface area contributed by atoms with E-state index in [0.717, 1.165) is 21.8 Å². The quantitative estimate of drug-likeness (QED) is 0.184. The molecule has 22 heavy (non-hydrogen) atoms. The number of hydrogen-bond acceptors (Lipinski definition) is 2. The Labute approximate surface area is 134 Å². The van der Waals surface area contributed by atoms with Crippen molar-refractivity contribution in [3.63, 3.8) is 0 Å². The molecule has 0 spiro atoms. The Balaban J connectivity index is 0.000000264. The molecule has 0 saturated carbocycles. The van der Waals surface area contributed by atoms with Crippen LogP contribution in [0.3, 0.4) is 0 Å². The van der Waals surface area contributed by atoms with E-state index in [2.05, 4.69) is 34.2 Å². The van der Waals surface area contributed by atoms with Crippen LogP contribution in [0.2, 0.25) is 0 Å². The Morgan fingerprint density at radius 1 is 0.636 bits per heavy atom. The first-order chi connectivity index (χ1) is 9.40. The van der Waals surface area contributed by atoms with Gasteiger partial charge in [0.2, 0.25) is 0 Å². The van der Waals surface area contributed by atoms with Crippen LogP contribution in [0.5, 0.6) is 0 Å². The maximum atomic E-state index is 9.87. The van der Waals surface area contributed by atoms with Crippen molar-refractivity contribution in [2.45, 2.75) is 0 Å². The zero-order valence-electron chi connectivity index (χ0n) is 10.5. The van der Waals surface area contributed by atoms with Crippen molar-refractivity contribution >= 4 is 29.6 Å². The van der Waals surface area contributed by atoms with Crippen LogP contribution in [-0.2, 0) is 20.4 Å². The van der Waals surface area contributed by atoms with Gasteiger partial charge in [-0.25, -0.2) is 0 Å². The van der Waals surface area contributed by atoms with Crippen molar-refractivity contribution in [2.24, 2.45) is 0 Å². The van der Waals surface area contributed by atoms with E-state index in [0.29, 0.717) is 0 Å². The van der Waals surface area contributed by atoms with E-state index in [-0.39, 0.29) is 20.4 Å². The summed E-state index contributed by atoms with van der Waals surface area (Å²) >= 11 is 0. The standard InChI is InChI=1S/C12H8N2.F6P.Pd/c1-3-9-5-6-10-4-2-8-14-12(10)11(9)13-7-1;1-7(2,3,4,5)6;/h1-8H;;/q;-1;+2. The minimum absolute atomic E-state index is 0. The molecular weight excluding hydrogens is 424 g/mol. The molecule has 0 fully saturated rings. The number of benzene rings is 1. The molecule has 0 saturated heterocycles. The van der Waals surface area contributed by atoms with E-state index in [9.17, 15) is 25.2 Å². The molecule has 0 N–H and O–H groups in total. The molecule has 10 heteroatoms. The van der Waals surface area contributed by atoms with Gasteiger partial charge in [0.05, 0.1) is 11.0 Å². The van der Waals surface area contributed by atoms with E-state index < -0.39 is 7.81 Å². The Hall–Kier alpha value is -1.29. The van der Waals surface area contributed by atoms with Crippen molar-refractivity contribution in [2.75, 3.05) is 0 Å². The fourth-order valence-electron chi connectivity index (χ4n) is 1.68. The van der Waals surface area contributed by atoms with Crippen molar-refractivity contribution in [3.8, 4) is 0 Å². The molecule has 0 unspecified atom stereocenters. The first kappa shape index (κ1) is 18.8. The fraction of sp³-hybridized carbons (Fsp3) is 0. The van der Waals surface area contributed by atoms with Crippen molar-refractivity contribution in [1.29, 1.82) is 0 Å². The summed E-state index contributed by atoms with van der Waals surface area (Å²) in [7, 11) is -10.7. The summed E-state index contributed by atoms with van der Waals surface area (Å²) in [6.07, 6.45) is 3.60. The van der Waals surface area contributed by atoms with Crippen LogP contribution in [0.25, 0.3) is 21.8 Å². The van der Waals surface area contributed by atoms with Crippen LogP contribution in [0.4, 0.5) is 25.2 Å². The maximum absolute atomic E-state index is 10.7. The molecule has 122 valence electrons. The number of halogens is 6. The van der Waals surface area contributed by atoms with Gasteiger partial charge in [-0.15, -0.1) is 0 Å². The van der Waals surface area contributed by atoms with Crippen LogP contribution in [0, 0.1) is 0 Å². The topological polar surface area (TPSA) is 25.8 Å². The van der Waals surface area contributed by atoms with Gasteiger partial charge in [0.1, 0.15) is 0 Å². The van der Waals surface area contributed by atoms with Crippen LogP contribution < -0.4 is 0 Å². The van der Waals surface area contributed by atoms with Gasteiger partial charge in [-0.2, -0.15) is 0 Å². The molecule has 0 aliphatic rings. The van der Waals surface area contributed by atoms with E-state index >= 15 is 0 Å². The molecule has 2 aromatic heterocycles. The van der Waals surface area contributed by atoms with Crippen LogP contribution in [0.15, 0.2) is 48.8 Å². The van der Waals surface area contributed by atoms with Gasteiger partial charge in [0.25, 0.3) is 0 Å². The second-order valence-corrected chi connectivity index (χ2v) is 6.09. The minimum Gasteiger partial charge on any atom is -0.254 e. The van der Waals surface area contributed by atoms with Crippen LogP contribution in [-0.4, -0.2) is 9.97 Å². The number of nitrogens with zero attached hydrogens (tertiary/aromatic N) is 2. The largest absolute Gasteiger partial charge is 2.00 e. The summed E-state index contributed by atoms with van der Waals surface area (Å²) in [4.78, 5) is 8.69. The smallest absolute Gasteiger partial charge is 0.254 e. The van der Waals surface area contributed by atoms with Crippen LogP contribution in [0.1, 0.15) is 0 Å². The van der Waals surface area contributed by atoms with Crippen molar-refractivity contribution in [1.82, 2.24) is 9.97 Å². The second kappa shape index (κ2) is 5.41. The Morgan fingerprint density at radius 2 is 0.955 bits per heavy atom. The van der Waals surface area contributed by atoms with Gasteiger partial charge < -0.3 is 0 Å². The van der Waals surface area contributed by atoms with Crippen molar-refractivity contribution < 1.29 is 45.6 Å². The first-order valence-corrected chi connectivity index (χ1v) is 7.58. The average Bonchev–Trinajstić information content (AvgIpc) is 2.35. The van der Waals surface area contributed by atoms with Gasteiger partial charge in [-0.05, 0) is 12.1 Å². The zero-order chi connectivity index (χ0) is 15.8. The summed E-state index contributed by atoms with van der Waals surface area (Å²) in [6.45, 7) is 0. The molecule has 0 atom stereocenters. The van der Waals surface area contributed by atoms with Crippen molar-refractivity contribution in [3.05, 3.63) is 48.8 Å². The summed E-state index contributed by atoms with van der Waals surface area (Å²) < 4.78 is 59.2. The third-order valence-corrected chi connectivity index (χ3v) is 2.34. The molecular formula is C12H8F6N2PPd+. The van der Waals surface area contributed by atoms with E-state index in [1.807, 2.05) is 12.1 Å². The van der Waals surface area contributed by atoms with Gasteiger partial charge >= 0.3 is 53.4 Å². The molecule has 1 aromatic carbocycles. The zero-order valence-corrected chi connectivity index (χ0v) is 13.0. The predicted octanol–water partition coefficient (Wildman–Crippen LogP) is 6.16. The van der Waals surface area contributed by atoms with Crippen LogP contribution >= 0.6 is 7.81 Å². The monoisotopic (exact) mass is 431 g/mol. The molecule has 0 amide bonds. The summed E-state index contributed by atoms with van der Waals surface area (Å²) in [5.74, 6) is 0. The Bertz CT molecular complexity index is 740. The molecule has 3 rings (SSSR count). The number of hydrogen-bond donors (Lipinski definition) is 0. The normalized spacial score (nSPS) is 14.3. The Kier molecular flexibility index (Phi) is 4.62. The molecule has 3 aromatic rings.